The van der Waals surface area contributed by atoms with Gasteiger partial charge >= 0.3 is 0 Å². The summed E-state index contributed by atoms with van der Waals surface area (Å²) in [5.41, 5.74) is 7.34. The van der Waals surface area contributed by atoms with Crippen molar-refractivity contribution < 1.29 is 9.00 Å². The molecule has 2 N–H and O–H groups in total. The quantitative estimate of drug-likeness (QED) is 0.774. The Balaban J connectivity index is 2.19. The topological polar surface area (TPSA) is 76.3 Å². The van der Waals surface area contributed by atoms with E-state index in [-0.39, 0.29) is 5.91 Å². The van der Waals surface area contributed by atoms with Crippen LogP contribution in [0.5, 0.6) is 0 Å². The third-order valence-electron chi connectivity index (χ3n) is 2.80. The molecule has 1 fully saturated rings. The summed E-state index contributed by atoms with van der Waals surface area (Å²) >= 11 is 0. The van der Waals surface area contributed by atoms with E-state index in [1.165, 1.54) is 6.20 Å². The highest BCUT2D eigenvalue weighted by Crippen LogP contribution is 2.14. The molecule has 0 radical (unpaired) electrons. The molecular formula is C11H15N3O2S. The molecule has 6 heteroatoms. The van der Waals surface area contributed by atoms with Gasteiger partial charge in [0, 0.05) is 35.4 Å². The van der Waals surface area contributed by atoms with E-state index in [9.17, 15) is 9.00 Å². The van der Waals surface area contributed by atoms with Gasteiger partial charge in [0.15, 0.2) is 0 Å². The number of rotatable bonds is 1. The number of aryl methyl sites for hydroxylation is 1. The van der Waals surface area contributed by atoms with Crippen LogP contribution in [0, 0.1) is 6.92 Å². The van der Waals surface area contributed by atoms with Crippen LogP contribution in [0.3, 0.4) is 0 Å². The normalized spacial score (nSPS) is 17.1. The number of anilines is 1. The van der Waals surface area contributed by atoms with E-state index in [1.54, 1.807) is 17.9 Å². The summed E-state index contributed by atoms with van der Waals surface area (Å²) in [6.45, 7) is 2.87. The smallest absolute Gasteiger partial charge is 0.255 e. The van der Waals surface area contributed by atoms with E-state index in [0.717, 1.165) is 0 Å². The Bertz CT molecular complexity index is 466. The lowest BCUT2D eigenvalue weighted by Crippen LogP contribution is -2.42. The lowest BCUT2D eigenvalue weighted by molar-refractivity contribution is 0.0770. The zero-order chi connectivity index (χ0) is 12.4. The Labute approximate surface area is 102 Å². The van der Waals surface area contributed by atoms with Crippen LogP contribution < -0.4 is 5.73 Å². The summed E-state index contributed by atoms with van der Waals surface area (Å²) in [6, 6.07) is 1.65. The first-order valence-electron chi connectivity index (χ1n) is 5.44. The highest BCUT2D eigenvalue weighted by atomic mass is 32.2. The van der Waals surface area contributed by atoms with Crippen LogP contribution in [0.4, 0.5) is 5.69 Å². The fourth-order valence-corrected chi connectivity index (χ4v) is 2.83. The maximum Gasteiger partial charge on any atom is 0.255 e. The van der Waals surface area contributed by atoms with Crippen LogP contribution in [-0.2, 0) is 10.8 Å². The van der Waals surface area contributed by atoms with E-state index < -0.39 is 10.8 Å². The fourth-order valence-electron chi connectivity index (χ4n) is 1.78. The third kappa shape index (κ3) is 2.63. The van der Waals surface area contributed by atoms with Gasteiger partial charge in [-0.05, 0) is 13.0 Å². The van der Waals surface area contributed by atoms with Gasteiger partial charge in [0.1, 0.15) is 0 Å². The van der Waals surface area contributed by atoms with E-state index >= 15 is 0 Å². The van der Waals surface area contributed by atoms with Crippen molar-refractivity contribution in [1.82, 2.24) is 9.88 Å². The monoisotopic (exact) mass is 253 g/mol. The molecule has 1 aliphatic heterocycles. The van der Waals surface area contributed by atoms with Gasteiger partial charge in [0.25, 0.3) is 5.91 Å². The first-order valence-corrected chi connectivity index (χ1v) is 6.93. The highest BCUT2D eigenvalue weighted by molar-refractivity contribution is 7.85. The number of carbonyl (C=O) groups excluding carboxylic acids is 1. The van der Waals surface area contributed by atoms with Gasteiger partial charge in [-0.3, -0.25) is 14.0 Å². The lowest BCUT2D eigenvalue weighted by Gasteiger charge is -2.26. The summed E-state index contributed by atoms with van der Waals surface area (Å²) in [6.07, 6.45) is 1.54. The summed E-state index contributed by atoms with van der Waals surface area (Å²) in [5.74, 6) is 1.04. The van der Waals surface area contributed by atoms with E-state index in [0.29, 0.717) is 41.5 Å². The molecule has 2 rings (SSSR count). The molecule has 0 saturated carbocycles. The molecule has 0 spiro atoms. The molecule has 1 aliphatic rings. The van der Waals surface area contributed by atoms with Crippen LogP contribution in [-0.4, -0.2) is 44.6 Å². The molecule has 1 saturated heterocycles. The summed E-state index contributed by atoms with van der Waals surface area (Å²) < 4.78 is 11.2. The molecule has 1 amide bonds. The highest BCUT2D eigenvalue weighted by Gasteiger charge is 2.22. The SMILES string of the molecule is Cc1ncc(N)cc1C(=O)N1CCS(=O)CC1. The van der Waals surface area contributed by atoms with Crippen molar-refractivity contribution in [2.45, 2.75) is 6.92 Å². The van der Waals surface area contributed by atoms with Gasteiger partial charge in [0.05, 0.1) is 23.1 Å². The van der Waals surface area contributed by atoms with Crippen molar-refractivity contribution in [2.24, 2.45) is 0 Å². The predicted octanol–water partition coefficient (Wildman–Crippen LogP) is 0.177. The number of hydrogen-bond donors (Lipinski definition) is 1. The minimum absolute atomic E-state index is 0.0704. The number of amides is 1. The zero-order valence-electron chi connectivity index (χ0n) is 9.68. The number of aromatic nitrogens is 1. The van der Waals surface area contributed by atoms with Crippen molar-refractivity contribution in [1.29, 1.82) is 0 Å². The van der Waals surface area contributed by atoms with Crippen molar-refractivity contribution in [2.75, 3.05) is 30.3 Å². The molecule has 17 heavy (non-hydrogen) atoms. The van der Waals surface area contributed by atoms with Crippen molar-refractivity contribution in [3.63, 3.8) is 0 Å². The Kier molecular flexibility index (Phi) is 3.42. The minimum atomic E-state index is -0.778. The fraction of sp³-hybridized carbons (Fsp3) is 0.455. The van der Waals surface area contributed by atoms with Gasteiger partial charge in [-0.2, -0.15) is 0 Å². The van der Waals surface area contributed by atoms with Crippen LogP contribution >= 0.6 is 0 Å². The van der Waals surface area contributed by atoms with E-state index in [4.69, 9.17) is 5.73 Å². The molecular weight excluding hydrogens is 238 g/mol. The van der Waals surface area contributed by atoms with E-state index in [1.807, 2.05) is 0 Å². The second-order valence-corrected chi connectivity index (χ2v) is 5.74. The molecule has 0 aliphatic carbocycles. The number of carbonyl (C=O) groups is 1. The standard InChI is InChI=1S/C11H15N3O2S/c1-8-10(6-9(12)7-13-8)11(15)14-2-4-17(16)5-3-14/h6-7H,2-5,12H2,1H3. The van der Waals surface area contributed by atoms with Gasteiger partial charge in [-0.25, -0.2) is 0 Å². The average Bonchev–Trinajstić information content (AvgIpc) is 2.32. The summed E-state index contributed by atoms with van der Waals surface area (Å²) in [4.78, 5) is 18.0. The minimum Gasteiger partial charge on any atom is -0.397 e. The second-order valence-electron chi connectivity index (χ2n) is 4.04. The van der Waals surface area contributed by atoms with Gasteiger partial charge in [-0.15, -0.1) is 0 Å². The van der Waals surface area contributed by atoms with Gasteiger partial charge < -0.3 is 10.6 Å². The average molecular weight is 253 g/mol. The van der Waals surface area contributed by atoms with Crippen molar-refractivity contribution in [3.05, 3.63) is 23.5 Å². The number of pyridine rings is 1. The molecule has 2 heterocycles. The van der Waals surface area contributed by atoms with Crippen LogP contribution in [0.25, 0.3) is 0 Å². The molecule has 0 aromatic carbocycles. The van der Waals surface area contributed by atoms with Crippen LogP contribution in [0.2, 0.25) is 0 Å². The Morgan fingerprint density at radius 1 is 1.47 bits per heavy atom. The van der Waals surface area contributed by atoms with E-state index in [2.05, 4.69) is 4.98 Å². The maximum atomic E-state index is 12.2. The van der Waals surface area contributed by atoms with Crippen LogP contribution in [0.15, 0.2) is 12.3 Å². The molecule has 0 bridgehead atoms. The second kappa shape index (κ2) is 4.83. The largest absolute Gasteiger partial charge is 0.397 e. The molecule has 0 unspecified atom stereocenters. The number of nitrogens with two attached hydrogens (primary N) is 1. The molecule has 5 nitrogen and oxygen atoms in total. The maximum absolute atomic E-state index is 12.2. The van der Waals surface area contributed by atoms with Gasteiger partial charge in [-0.1, -0.05) is 0 Å². The zero-order valence-corrected chi connectivity index (χ0v) is 10.5. The summed E-state index contributed by atoms with van der Waals surface area (Å²) in [5, 5.41) is 0. The molecule has 0 atom stereocenters. The Morgan fingerprint density at radius 3 is 2.76 bits per heavy atom. The van der Waals surface area contributed by atoms with Gasteiger partial charge in [0.2, 0.25) is 0 Å². The Hall–Kier alpha value is -1.43. The third-order valence-corrected chi connectivity index (χ3v) is 4.08. The van der Waals surface area contributed by atoms with Crippen molar-refractivity contribution >= 4 is 22.4 Å². The number of nitrogens with zero attached hydrogens (tertiary/aromatic N) is 2. The Morgan fingerprint density at radius 2 is 2.12 bits per heavy atom. The first-order chi connectivity index (χ1) is 8.08. The van der Waals surface area contributed by atoms with Crippen molar-refractivity contribution in [3.8, 4) is 0 Å². The number of nitrogen functional groups attached to an aromatic ring is 1. The summed E-state index contributed by atoms with van der Waals surface area (Å²) in [7, 11) is -0.778. The number of hydrogen-bond acceptors (Lipinski definition) is 4. The lowest BCUT2D eigenvalue weighted by atomic mass is 10.1. The predicted molar refractivity (Wildman–Crippen MR) is 67.2 cm³/mol. The molecule has 1 aromatic heterocycles. The molecule has 1 aromatic rings. The first kappa shape index (κ1) is 12.0. The molecule has 92 valence electrons. The van der Waals surface area contributed by atoms with Crippen LogP contribution in [0.1, 0.15) is 16.1 Å².